The van der Waals surface area contributed by atoms with E-state index >= 15 is 0 Å². The number of hydrogen-bond acceptors (Lipinski definition) is 3. The van der Waals surface area contributed by atoms with Gasteiger partial charge in [-0.25, -0.2) is 0 Å². The van der Waals surface area contributed by atoms with E-state index in [0.717, 1.165) is 8.96 Å². The molecule has 1 heterocycles. The Labute approximate surface area is 152 Å². The number of nitriles is 1. The lowest BCUT2D eigenvalue weighted by Crippen LogP contribution is -2.10. The van der Waals surface area contributed by atoms with Gasteiger partial charge >= 0.3 is 5.97 Å². The molecule has 1 fully saturated rings. The van der Waals surface area contributed by atoms with Gasteiger partial charge in [-0.15, -0.1) is 6.42 Å². The molecular weight excluding hydrogens is 424 g/mol. The van der Waals surface area contributed by atoms with Gasteiger partial charge in [0, 0.05) is 11.8 Å². The van der Waals surface area contributed by atoms with Crippen molar-refractivity contribution in [2.45, 2.75) is 27.0 Å². The zero-order valence-corrected chi connectivity index (χ0v) is 16.0. The number of ether oxygens (including phenoxy) is 1. The van der Waals surface area contributed by atoms with Crippen molar-refractivity contribution < 1.29 is 9.53 Å². The molecule has 1 aliphatic carbocycles. The fourth-order valence-corrected chi connectivity index (χ4v) is 3.36. The molecule has 23 heavy (non-hydrogen) atoms. The fraction of sp³-hybridized carbons (Fsp3) is 0.412. The zero-order valence-electron chi connectivity index (χ0n) is 12.8. The number of carbonyl (C=O) groups is 1. The summed E-state index contributed by atoms with van der Waals surface area (Å²) in [7, 11) is 0. The third-order valence-electron chi connectivity index (χ3n) is 4.18. The predicted octanol–water partition coefficient (Wildman–Crippen LogP) is 3.94. The number of allylic oxidation sites excluding steroid dienone is 1. The Morgan fingerprint density at radius 1 is 1.57 bits per heavy atom. The largest absolute Gasteiger partial charge is 0.461 e. The molecule has 0 spiro atoms. The molecule has 0 aliphatic heterocycles. The molecule has 0 radical (unpaired) electrons. The number of aromatic nitrogens is 1. The van der Waals surface area contributed by atoms with Gasteiger partial charge in [0.15, 0.2) is 0 Å². The van der Waals surface area contributed by atoms with E-state index < -0.39 is 0 Å². The topological polar surface area (TPSA) is 55.0 Å². The second-order valence-corrected chi connectivity index (χ2v) is 8.84. The Bertz CT molecular complexity index is 731. The smallest absolute Gasteiger partial charge is 0.310 e. The Morgan fingerprint density at radius 2 is 2.26 bits per heavy atom. The lowest BCUT2D eigenvalue weighted by Gasteiger charge is -2.04. The maximum Gasteiger partial charge on any atom is 0.310 e. The molecule has 6 heteroatoms. The van der Waals surface area contributed by atoms with Crippen LogP contribution in [0.1, 0.15) is 25.1 Å². The van der Waals surface area contributed by atoms with Gasteiger partial charge in [-0.05, 0) is 49.3 Å². The highest BCUT2D eigenvalue weighted by molar-refractivity contribution is 9.28. The molecule has 1 saturated carbocycles. The molecule has 2 atom stereocenters. The molecule has 1 aromatic rings. The van der Waals surface area contributed by atoms with Gasteiger partial charge in [0.1, 0.15) is 18.4 Å². The summed E-state index contributed by atoms with van der Waals surface area (Å²) in [4.78, 5) is 12.3. The van der Waals surface area contributed by atoms with Crippen molar-refractivity contribution in [1.29, 1.82) is 5.26 Å². The first-order chi connectivity index (χ1) is 10.8. The van der Waals surface area contributed by atoms with Gasteiger partial charge in [-0.3, -0.25) is 4.79 Å². The van der Waals surface area contributed by atoms with Crippen molar-refractivity contribution in [3.8, 4) is 18.4 Å². The van der Waals surface area contributed by atoms with E-state index in [9.17, 15) is 4.79 Å². The van der Waals surface area contributed by atoms with Gasteiger partial charge in [-0.1, -0.05) is 25.8 Å². The first kappa shape index (κ1) is 17.8. The summed E-state index contributed by atoms with van der Waals surface area (Å²) in [5, 5.41) is 9.06. The molecule has 0 N–H and O–H groups in total. The summed E-state index contributed by atoms with van der Waals surface area (Å²) in [6.45, 7) is 4.54. The van der Waals surface area contributed by atoms with Crippen LogP contribution in [0.25, 0.3) is 0 Å². The van der Waals surface area contributed by atoms with Gasteiger partial charge in [0.05, 0.1) is 15.9 Å². The third-order valence-corrected chi connectivity index (χ3v) is 4.71. The maximum atomic E-state index is 12.3. The normalized spacial score (nSPS) is 21.0. The Morgan fingerprint density at radius 3 is 2.83 bits per heavy atom. The minimum atomic E-state index is -0.222. The fourth-order valence-electron chi connectivity index (χ4n) is 2.79. The van der Waals surface area contributed by atoms with Gasteiger partial charge in [0.25, 0.3) is 0 Å². The summed E-state index contributed by atoms with van der Waals surface area (Å²) in [6, 6.07) is 3.76. The molecule has 2 rings (SSSR count). The van der Waals surface area contributed by atoms with E-state index in [0.29, 0.717) is 12.2 Å². The highest BCUT2D eigenvalue weighted by Gasteiger charge is 2.61. The van der Waals surface area contributed by atoms with Crippen LogP contribution in [0.2, 0.25) is 0 Å². The molecule has 1 aromatic heterocycles. The molecule has 120 valence electrons. The standard InChI is InChI=1S/C17H16Br2N2O2/c1-4-5-21-9-11(6-12(21)8-20)10-23-16(22)15-13(7-14(18)19)17(15,2)3/h1,6-7,9,13,15H,5,10H2,2-3H3/t13-,15-/m0/s1. The Kier molecular flexibility index (Phi) is 5.39. The maximum absolute atomic E-state index is 12.3. The average molecular weight is 440 g/mol. The van der Waals surface area contributed by atoms with Crippen LogP contribution in [0.4, 0.5) is 0 Å². The second-order valence-electron chi connectivity index (χ2n) is 6.07. The highest BCUT2D eigenvalue weighted by Crippen LogP contribution is 2.60. The molecule has 0 saturated heterocycles. The molecule has 4 nitrogen and oxygen atoms in total. The first-order valence-electron chi connectivity index (χ1n) is 7.03. The number of nitrogens with zero attached hydrogens (tertiary/aromatic N) is 2. The number of rotatable bonds is 5. The molecule has 1 aliphatic rings. The zero-order chi connectivity index (χ0) is 17.2. The van der Waals surface area contributed by atoms with Crippen LogP contribution in [0.3, 0.4) is 0 Å². The molecule has 0 unspecified atom stereocenters. The van der Waals surface area contributed by atoms with Crippen molar-refractivity contribution in [3.63, 3.8) is 0 Å². The van der Waals surface area contributed by atoms with E-state index in [2.05, 4.69) is 43.8 Å². The summed E-state index contributed by atoms with van der Waals surface area (Å²) in [5.74, 6) is 2.25. The number of carbonyl (C=O) groups excluding carboxylic acids is 1. The van der Waals surface area contributed by atoms with E-state index in [1.54, 1.807) is 16.8 Å². The predicted molar refractivity (Wildman–Crippen MR) is 94.5 cm³/mol. The van der Waals surface area contributed by atoms with Crippen LogP contribution in [-0.4, -0.2) is 10.5 Å². The monoisotopic (exact) mass is 438 g/mol. The van der Waals surface area contributed by atoms with Crippen LogP contribution in [-0.2, 0) is 22.7 Å². The van der Waals surface area contributed by atoms with E-state index in [4.69, 9.17) is 16.4 Å². The SMILES string of the molecule is C#CCn1cc(COC(=O)[C@@H]2[C@H](C=C(Br)Br)C2(C)C)cc1C#N. The van der Waals surface area contributed by atoms with Gasteiger partial charge < -0.3 is 9.30 Å². The summed E-state index contributed by atoms with van der Waals surface area (Å²) < 4.78 is 7.92. The number of halogens is 2. The minimum absolute atomic E-state index is 0.114. The quantitative estimate of drug-likeness (QED) is 0.515. The molecular formula is C17H16Br2N2O2. The lowest BCUT2D eigenvalue weighted by atomic mass is 10.1. The van der Waals surface area contributed by atoms with Crippen LogP contribution >= 0.6 is 31.9 Å². The first-order valence-corrected chi connectivity index (χ1v) is 8.62. The number of esters is 1. The number of hydrogen-bond donors (Lipinski definition) is 0. The van der Waals surface area contributed by atoms with Gasteiger partial charge in [0.2, 0.25) is 0 Å². The van der Waals surface area contributed by atoms with Crippen LogP contribution < -0.4 is 0 Å². The highest BCUT2D eigenvalue weighted by atomic mass is 79.9. The average Bonchev–Trinajstić information content (AvgIpc) is 2.82. The molecule has 0 amide bonds. The Hall–Kier alpha value is -1.50. The van der Waals surface area contributed by atoms with Crippen molar-refractivity contribution in [2.24, 2.45) is 17.3 Å². The van der Waals surface area contributed by atoms with E-state index in [1.807, 2.05) is 19.9 Å². The van der Waals surface area contributed by atoms with Crippen molar-refractivity contribution in [1.82, 2.24) is 4.57 Å². The van der Waals surface area contributed by atoms with E-state index in [1.165, 1.54) is 0 Å². The van der Waals surface area contributed by atoms with Crippen molar-refractivity contribution in [2.75, 3.05) is 0 Å². The summed E-state index contributed by atoms with van der Waals surface area (Å²) in [6.07, 6.45) is 8.99. The van der Waals surface area contributed by atoms with Crippen molar-refractivity contribution in [3.05, 3.63) is 33.0 Å². The molecule has 0 aromatic carbocycles. The van der Waals surface area contributed by atoms with Crippen LogP contribution in [0.15, 0.2) is 21.7 Å². The second kappa shape index (κ2) is 6.95. The van der Waals surface area contributed by atoms with Crippen LogP contribution in [0.5, 0.6) is 0 Å². The third kappa shape index (κ3) is 3.88. The summed E-state index contributed by atoms with van der Waals surface area (Å²) in [5.41, 5.74) is 1.11. The van der Waals surface area contributed by atoms with Gasteiger partial charge in [-0.2, -0.15) is 5.26 Å². The molecule has 0 bridgehead atoms. The van der Waals surface area contributed by atoms with Crippen LogP contribution in [0, 0.1) is 40.9 Å². The van der Waals surface area contributed by atoms with E-state index in [-0.39, 0.29) is 29.8 Å². The summed E-state index contributed by atoms with van der Waals surface area (Å²) >= 11 is 6.66. The van der Waals surface area contributed by atoms with Crippen molar-refractivity contribution >= 4 is 37.8 Å². The minimum Gasteiger partial charge on any atom is -0.461 e. The number of terminal acetylenes is 1. The Balaban J connectivity index is 2.00. The lowest BCUT2D eigenvalue weighted by molar-refractivity contribution is -0.147.